The van der Waals surface area contributed by atoms with Crippen molar-refractivity contribution in [1.82, 2.24) is 30.1 Å². The normalized spacial score (nSPS) is 18.1. The number of aliphatic carboxylic acids is 1. The average Bonchev–Trinajstić information content (AvgIpc) is 3.32. The molecule has 3 aromatic rings. The molecule has 9 nitrogen and oxygen atoms in total. The fourth-order valence-electron chi connectivity index (χ4n) is 4.16. The molecule has 0 spiro atoms. The predicted octanol–water partition coefficient (Wildman–Crippen LogP) is 2.21. The molecular weight excluding hydrogens is 384 g/mol. The maximum atomic E-state index is 9.00. The molecule has 2 fully saturated rings. The Balaban J connectivity index is 0.000000503. The van der Waals surface area contributed by atoms with Gasteiger partial charge in [-0.3, -0.25) is 9.69 Å². The maximum Gasteiger partial charge on any atom is 0.300 e. The molecule has 2 saturated heterocycles. The van der Waals surface area contributed by atoms with E-state index in [1.165, 1.54) is 12.8 Å². The number of carboxylic acids is 1. The van der Waals surface area contributed by atoms with Crippen LogP contribution in [0.25, 0.3) is 16.9 Å². The summed E-state index contributed by atoms with van der Waals surface area (Å²) in [6.07, 6.45) is 3.35. The van der Waals surface area contributed by atoms with Gasteiger partial charge in [-0.25, -0.2) is 0 Å². The summed E-state index contributed by atoms with van der Waals surface area (Å²) in [6.45, 7) is 7.49. The molecule has 2 aliphatic heterocycles. The topological polar surface area (TPSA) is 109 Å². The van der Waals surface area contributed by atoms with E-state index < -0.39 is 5.97 Å². The molecule has 4 heterocycles. The van der Waals surface area contributed by atoms with Gasteiger partial charge in [-0.05, 0) is 43.6 Å². The number of para-hydroxylation sites is 1. The lowest BCUT2D eigenvalue weighted by Crippen LogP contribution is -2.53. The molecule has 0 atom stereocenters. The number of hydrogen-bond donors (Lipinski definition) is 2. The largest absolute Gasteiger partial charge is 0.481 e. The van der Waals surface area contributed by atoms with Crippen molar-refractivity contribution in [1.29, 1.82) is 0 Å². The second kappa shape index (κ2) is 8.93. The standard InChI is InChI=1S/C19H24N6O.C2H4O2/c1-2-16-15-5-3-4-6-17(15)25(22-16)19-21-18(26-23-19)13-11-24(12-13)14-7-9-20-10-8-14;1-2(3)4/h3-6,13-14,20H,2,7-12H2,1H3;1H3,(H,3,4). The van der Waals surface area contributed by atoms with Crippen molar-refractivity contribution in [2.45, 2.75) is 45.1 Å². The van der Waals surface area contributed by atoms with Crippen molar-refractivity contribution < 1.29 is 14.4 Å². The fraction of sp³-hybridized carbons (Fsp3) is 0.524. The summed E-state index contributed by atoms with van der Waals surface area (Å²) in [6, 6.07) is 8.92. The highest BCUT2D eigenvalue weighted by molar-refractivity contribution is 5.83. The second-order valence-corrected chi connectivity index (χ2v) is 7.81. The number of nitrogens with one attached hydrogen (secondary N) is 1. The zero-order valence-electron chi connectivity index (χ0n) is 17.4. The third kappa shape index (κ3) is 4.22. The minimum Gasteiger partial charge on any atom is -0.481 e. The molecule has 1 aromatic carbocycles. The van der Waals surface area contributed by atoms with Crippen molar-refractivity contribution in [3.8, 4) is 5.95 Å². The lowest BCUT2D eigenvalue weighted by Gasteiger charge is -2.44. The zero-order chi connectivity index (χ0) is 21.1. The smallest absolute Gasteiger partial charge is 0.300 e. The van der Waals surface area contributed by atoms with Crippen LogP contribution in [0, 0.1) is 0 Å². The molecule has 0 saturated carbocycles. The molecular formula is C21H28N6O3. The van der Waals surface area contributed by atoms with Crippen LogP contribution >= 0.6 is 0 Å². The summed E-state index contributed by atoms with van der Waals surface area (Å²) in [5.74, 6) is 0.789. The van der Waals surface area contributed by atoms with Gasteiger partial charge in [0.2, 0.25) is 5.89 Å². The first-order valence-corrected chi connectivity index (χ1v) is 10.5. The van der Waals surface area contributed by atoms with Crippen LogP contribution in [0.1, 0.15) is 44.2 Å². The predicted molar refractivity (Wildman–Crippen MR) is 112 cm³/mol. The number of aromatic nitrogens is 4. The number of benzene rings is 1. The Bertz CT molecular complexity index is 997. The summed E-state index contributed by atoms with van der Waals surface area (Å²) in [5.41, 5.74) is 2.09. The van der Waals surface area contributed by atoms with E-state index in [9.17, 15) is 0 Å². The van der Waals surface area contributed by atoms with Crippen LogP contribution in [0.4, 0.5) is 0 Å². The molecule has 0 amide bonds. The Morgan fingerprint density at radius 3 is 2.67 bits per heavy atom. The number of carboxylic acid groups (broad SMARTS) is 1. The van der Waals surface area contributed by atoms with E-state index in [2.05, 4.69) is 39.4 Å². The number of carbonyl (C=O) groups is 1. The molecule has 30 heavy (non-hydrogen) atoms. The van der Waals surface area contributed by atoms with Gasteiger partial charge < -0.3 is 14.9 Å². The van der Waals surface area contributed by atoms with E-state index in [0.717, 1.165) is 62.0 Å². The molecule has 2 N–H and O–H groups in total. The fourth-order valence-corrected chi connectivity index (χ4v) is 4.16. The lowest BCUT2D eigenvalue weighted by molar-refractivity contribution is -0.134. The molecule has 0 bridgehead atoms. The van der Waals surface area contributed by atoms with Crippen LogP contribution in [-0.4, -0.2) is 68.1 Å². The number of aryl methyl sites for hydroxylation is 1. The first kappa shape index (κ1) is 20.5. The summed E-state index contributed by atoms with van der Waals surface area (Å²) in [4.78, 5) is 16.2. The Morgan fingerprint density at radius 2 is 1.97 bits per heavy atom. The Labute approximate surface area is 175 Å². The van der Waals surface area contributed by atoms with E-state index in [4.69, 9.17) is 19.5 Å². The Kier molecular flexibility index (Phi) is 6.10. The SMILES string of the molecule is CC(=O)O.CCc1nn(-c2noc(C3CN(C4CCNCC4)C3)n2)c2ccccc12. The second-order valence-electron chi connectivity index (χ2n) is 7.81. The molecule has 0 aliphatic carbocycles. The highest BCUT2D eigenvalue weighted by Gasteiger charge is 2.37. The number of hydrogen-bond acceptors (Lipinski definition) is 7. The van der Waals surface area contributed by atoms with E-state index in [-0.39, 0.29) is 0 Å². The minimum atomic E-state index is -0.833. The summed E-state index contributed by atoms with van der Waals surface area (Å²) in [5, 5.41) is 20.9. The van der Waals surface area contributed by atoms with Gasteiger partial charge in [0.25, 0.3) is 11.9 Å². The van der Waals surface area contributed by atoms with Crippen LogP contribution < -0.4 is 5.32 Å². The van der Waals surface area contributed by atoms with Gasteiger partial charge in [-0.2, -0.15) is 14.8 Å². The van der Waals surface area contributed by atoms with Gasteiger partial charge in [0.05, 0.1) is 17.1 Å². The molecule has 5 rings (SSSR count). The monoisotopic (exact) mass is 412 g/mol. The van der Waals surface area contributed by atoms with Gasteiger partial charge in [0.15, 0.2) is 0 Å². The third-order valence-corrected chi connectivity index (χ3v) is 5.70. The van der Waals surface area contributed by atoms with Crippen molar-refractivity contribution in [2.24, 2.45) is 0 Å². The van der Waals surface area contributed by atoms with Gasteiger partial charge in [0, 0.05) is 31.4 Å². The summed E-state index contributed by atoms with van der Waals surface area (Å²) >= 11 is 0. The van der Waals surface area contributed by atoms with Gasteiger partial charge in [0.1, 0.15) is 0 Å². The summed E-state index contributed by atoms with van der Waals surface area (Å²) in [7, 11) is 0. The highest BCUT2D eigenvalue weighted by Crippen LogP contribution is 2.30. The maximum absolute atomic E-state index is 9.00. The van der Waals surface area contributed by atoms with E-state index in [1.807, 2.05) is 16.8 Å². The Morgan fingerprint density at radius 1 is 1.27 bits per heavy atom. The third-order valence-electron chi connectivity index (χ3n) is 5.70. The number of fused-ring (bicyclic) bond motifs is 1. The van der Waals surface area contributed by atoms with Crippen LogP contribution in [0.15, 0.2) is 28.8 Å². The van der Waals surface area contributed by atoms with E-state index >= 15 is 0 Å². The number of nitrogens with zero attached hydrogens (tertiary/aromatic N) is 5. The van der Waals surface area contributed by atoms with E-state index in [0.29, 0.717) is 17.9 Å². The van der Waals surface area contributed by atoms with Crippen molar-refractivity contribution in [3.05, 3.63) is 35.9 Å². The zero-order valence-corrected chi connectivity index (χ0v) is 17.4. The lowest BCUT2D eigenvalue weighted by atomic mass is 9.94. The number of piperidine rings is 1. The quantitative estimate of drug-likeness (QED) is 0.671. The molecule has 160 valence electrons. The molecule has 9 heteroatoms. The average molecular weight is 412 g/mol. The van der Waals surface area contributed by atoms with Crippen LogP contribution in [-0.2, 0) is 11.2 Å². The van der Waals surface area contributed by atoms with Gasteiger partial charge in [-0.1, -0.05) is 25.1 Å². The Hall–Kier alpha value is -2.78. The number of likely N-dealkylation sites (tertiary alicyclic amines) is 1. The van der Waals surface area contributed by atoms with Crippen molar-refractivity contribution in [2.75, 3.05) is 26.2 Å². The van der Waals surface area contributed by atoms with Crippen molar-refractivity contribution in [3.63, 3.8) is 0 Å². The first-order chi connectivity index (χ1) is 14.6. The van der Waals surface area contributed by atoms with Crippen molar-refractivity contribution >= 4 is 16.9 Å². The number of rotatable bonds is 4. The molecule has 0 unspecified atom stereocenters. The minimum absolute atomic E-state index is 0.346. The summed E-state index contributed by atoms with van der Waals surface area (Å²) < 4.78 is 7.40. The first-order valence-electron chi connectivity index (χ1n) is 10.5. The molecule has 2 aromatic heterocycles. The van der Waals surface area contributed by atoms with Crippen LogP contribution in [0.2, 0.25) is 0 Å². The van der Waals surface area contributed by atoms with Gasteiger partial charge in [-0.15, -0.1) is 0 Å². The van der Waals surface area contributed by atoms with Gasteiger partial charge >= 0.3 is 0 Å². The van der Waals surface area contributed by atoms with Crippen LogP contribution in [0.3, 0.4) is 0 Å². The highest BCUT2D eigenvalue weighted by atomic mass is 16.5. The van der Waals surface area contributed by atoms with Crippen LogP contribution in [0.5, 0.6) is 0 Å². The molecule has 0 radical (unpaired) electrons. The molecule has 2 aliphatic rings. The van der Waals surface area contributed by atoms with E-state index in [1.54, 1.807) is 0 Å².